The number of hydrogen-bond acceptors (Lipinski definition) is 3. The highest BCUT2D eigenvalue weighted by atomic mass is 35.5. The van der Waals surface area contributed by atoms with Crippen molar-refractivity contribution in [2.75, 3.05) is 0 Å². The molecule has 0 amide bonds. The van der Waals surface area contributed by atoms with E-state index in [0.717, 1.165) is 12.8 Å². The fraction of sp³-hybridized carbons (Fsp3) is 0.900. The third-order valence-electron chi connectivity index (χ3n) is 3.31. The Morgan fingerprint density at radius 2 is 1.87 bits per heavy atom. The van der Waals surface area contributed by atoms with Crippen LogP contribution >= 0.6 is 12.4 Å². The first kappa shape index (κ1) is 12.7. The molecule has 0 spiro atoms. The Morgan fingerprint density at radius 1 is 1.33 bits per heavy atom. The maximum absolute atomic E-state index is 10.6. The molecule has 3 N–H and O–H groups in total. The Bertz CT molecular complexity index is 235. The molecule has 2 heterocycles. The van der Waals surface area contributed by atoms with Crippen LogP contribution in [0.2, 0.25) is 0 Å². The number of aliphatic hydroxyl groups is 1. The number of nitrogens with one attached hydrogen (secondary N) is 1. The number of carboxylic acid groups (broad SMARTS) is 1. The zero-order valence-electron chi connectivity index (χ0n) is 8.61. The lowest BCUT2D eigenvalue weighted by Crippen LogP contribution is -2.56. The van der Waals surface area contributed by atoms with E-state index in [9.17, 15) is 9.90 Å². The van der Waals surface area contributed by atoms with Gasteiger partial charge in [-0.3, -0.25) is 4.79 Å². The van der Waals surface area contributed by atoms with E-state index in [1.807, 2.05) is 0 Å². The van der Waals surface area contributed by atoms with Crippen molar-refractivity contribution in [3.8, 4) is 0 Å². The smallest absolute Gasteiger partial charge is 0.306 e. The standard InChI is InChI=1S/C10H17NO3.ClH/c12-9(13)6-10(14)4-7-2-1-3-8(5-10)11-7;/h7-8,11,14H,1-6H2,(H,12,13);1H. The van der Waals surface area contributed by atoms with Crippen LogP contribution in [-0.2, 0) is 4.79 Å². The molecule has 2 aliphatic heterocycles. The highest BCUT2D eigenvalue weighted by Gasteiger charge is 2.41. The van der Waals surface area contributed by atoms with Crippen LogP contribution < -0.4 is 5.32 Å². The second-order valence-electron chi connectivity index (χ2n) is 4.69. The SMILES string of the molecule is Cl.O=C(O)CC1(O)CC2CCCC(C1)N2. The van der Waals surface area contributed by atoms with Gasteiger partial charge >= 0.3 is 5.97 Å². The lowest BCUT2D eigenvalue weighted by Gasteiger charge is -2.44. The molecule has 88 valence electrons. The summed E-state index contributed by atoms with van der Waals surface area (Å²) in [6, 6.07) is 0.652. The third kappa shape index (κ3) is 3.06. The summed E-state index contributed by atoms with van der Waals surface area (Å²) in [5.74, 6) is -0.896. The molecule has 0 aliphatic carbocycles. The summed E-state index contributed by atoms with van der Waals surface area (Å²) in [6.07, 6.45) is 4.41. The number of fused-ring (bicyclic) bond motifs is 2. The van der Waals surface area contributed by atoms with Crippen LogP contribution in [0.15, 0.2) is 0 Å². The zero-order chi connectivity index (χ0) is 10.2. The van der Waals surface area contributed by atoms with Crippen molar-refractivity contribution in [2.24, 2.45) is 0 Å². The Kier molecular flexibility index (Phi) is 3.98. The molecule has 2 saturated heterocycles. The number of hydrogen-bond donors (Lipinski definition) is 3. The molecular weight excluding hydrogens is 218 g/mol. The molecule has 2 unspecified atom stereocenters. The van der Waals surface area contributed by atoms with E-state index in [0.29, 0.717) is 24.9 Å². The summed E-state index contributed by atoms with van der Waals surface area (Å²) >= 11 is 0. The van der Waals surface area contributed by atoms with Crippen molar-refractivity contribution in [3.63, 3.8) is 0 Å². The van der Waals surface area contributed by atoms with E-state index < -0.39 is 11.6 Å². The third-order valence-corrected chi connectivity index (χ3v) is 3.31. The quantitative estimate of drug-likeness (QED) is 0.666. The molecular formula is C10H18ClNO3. The Hall–Kier alpha value is -0.320. The average molecular weight is 236 g/mol. The highest BCUT2D eigenvalue weighted by Crippen LogP contribution is 2.34. The fourth-order valence-corrected chi connectivity index (χ4v) is 2.86. The van der Waals surface area contributed by atoms with Gasteiger partial charge in [0.25, 0.3) is 0 Å². The van der Waals surface area contributed by atoms with Gasteiger partial charge in [0.1, 0.15) is 0 Å². The van der Waals surface area contributed by atoms with Crippen LogP contribution in [0.3, 0.4) is 0 Å². The van der Waals surface area contributed by atoms with Gasteiger partial charge in [0.2, 0.25) is 0 Å². The molecule has 0 aromatic rings. The van der Waals surface area contributed by atoms with Gasteiger partial charge in [0.15, 0.2) is 0 Å². The lowest BCUT2D eigenvalue weighted by atomic mass is 9.76. The molecule has 2 rings (SSSR count). The van der Waals surface area contributed by atoms with Gasteiger partial charge in [0.05, 0.1) is 12.0 Å². The molecule has 2 bridgehead atoms. The van der Waals surface area contributed by atoms with Crippen LogP contribution in [-0.4, -0.2) is 33.9 Å². The molecule has 15 heavy (non-hydrogen) atoms. The predicted octanol–water partition coefficient (Wildman–Crippen LogP) is 0.918. The van der Waals surface area contributed by atoms with Crippen molar-refractivity contribution in [2.45, 2.75) is 56.2 Å². The molecule has 4 nitrogen and oxygen atoms in total. The molecule has 0 aromatic carbocycles. The van der Waals surface area contributed by atoms with Gasteiger partial charge in [-0.1, -0.05) is 6.42 Å². The number of halogens is 1. The monoisotopic (exact) mass is 235 g/mol. The Balaban J connectivity index is 0.00000112. The van der Waals surface area contributed by atoms with Crippen LogP contribution in [0.25, 0.3) is 0 Å². The van der Waals surface area contributed by atoms with Crippen LogP contribution in [0, 0.1) is 0 Å². The van der Waals surface area contributed by atoms with E-state index in [2.05, 4.69) is 5.32 Å². The first-order chi connectivity index (χ1) is 6.57. The molecule has 2 fully saturated rings. The van der Waals surface area contributed by atoms with Crippen LogP contribution in [0.4, 0.5) is 0 Å². The number of aliphatic carboxylic acids is 1. The van der Waals surface area contributed by atoms with Gasteiger partial charge in [-0.2, -0.15) is 0 Å². The van der Waals surface area contributed by atoms with Crippen molar-refractivity contribution in [1.82, 2.24) is 5.32 Å². The van der Waals surface area contributed by atoms with Crippen molar-refractivity contribution < 1.29 is 15.0 Å². The number of rotatable bonds is 2. The average Bonchev–Trinajstić information content (AvgIpc) is 1.99. The molecule has 0 saturated carbocycles. The first-order valence-corrected chi connectivity index (χ1v) is 5.28. The molecule has 2 aliphatic rings. The van der Waals surface area contributed by atoms with E-state index in [1.54, 1.807) is 0 Å². The van der Waals surface area contributed by atoms with Gasteiger partial charge in [-0.05, 0) is 25.7 Å². The second kappa shape index (κ2) is 4.68. The van der Waals surface area contributed by atoms with E-state index in [4.69, 9.17) is 5.11 Å². The molecule has 0 aromatic heterocycles. The van der Waals surface area contributed by atoms with Gasteiger partial charge < -0.3 is 15.5 Å². The second-order valence-corrected chi connectivity index (χ2v) is 4.69. The number of carboxylic acids is 1. The summed E-state index contributed by atoms with van der Waals surface area (Å²) < 4.78 is 0. The number of carbonyl (C=O) groups is 1. The van der Waals surface area contributed by atoms with Crippen molar-refractivity contribution >= 4 is 18.4 Å². The fourth-order valence-electron chi connectivity index (χ4n) is 2.86. The van der Waals surface area contributed by atoms with E-state index in [-0.39, 0.29) is 18.8 Å². The first-order valence-electron chi connectivity index (χ1n) is 5.28. The maximum atomic E-state index is 10.6. The van der Waals surface area contributed by atoms with E-state index in [1.165, 1.54) is 6.42 Å². The lowest BCUT2D eigenvalue weighted by molar-refractivity contribution is -0.145. The normalized spacial score (nSPS) is 39.3. The zero-order valence-corrected chi connectivity index (χ0v) is 9.42. The topological polar surface area (TPSA) is 69.6 Å². The maximum Gasteiger partial charge on any atom is 0.306 e. The van der Waals surface area contributed by atoms with Crippen LogP contribution in [0.5, 0.6) is 0 Å². The van der Waals surface area contributed by atoms with Crippen molar-refractivity contribution in [1.29, 1.82) is 0 Å². The summed E-state index contributed by atoms with van der Waals surface area (Å²) in [7, 11) is 0. The molecule has 5 heteroatoms. The minimum atomic E-state index is -0.965. The summed E-state index contributed by atoms with van der Waals surface area (Å²) in [5.41, 5.74) is -0.965. The van der Waals surface area contributed by atoms with Crippen LogP contribution in [0.1, 0.15) is 38.5 Å². The predicted molar refractivity (Wildman–Crippen MR) is 58.2 cm³/mol. The largest absolute Gasteiger partial charge is 0.481 e. The summed E-state index contributed by atoms with van der Waals surface area (Å²) in [4.78, 5) is 10.6. The van der Waals surface area contributed by atoms with Gasteiger partial charge in [0, 0.05) is 12.1 Å². The Morgan fingerprint density at radius 3 is 2.33 bits per heavy atom. The summed E-state index contributed by atoms with van der Waals surface area (Å²) in [6.45, 7) is 0. The van der Waals surface area contributed by atoms with E-state index >= 15 is 0 Å². The highest BCUT2D eigenvalue weighted by molar-refractivity contribution is 5.85. The minimum Gasteiger partial charge on any atom is -0.481 e. The van der Waals surface area contributed by atoms with Gasteiger partial charge in [-0.25, -0.2) is 0 Å². The summed E-state index contributed by atoms with van der Waals surface area (Å²) in [5, 5.41) is 22.3. The number of piperidine rings is 2. The van der Waals surface area contributed by atoms with Crippen molar-refractivity contribution in [3.05, 3.63) is 0 Å². The Labute approximate surface area is 95.5 Å². The molecule has 0 radical (unpaired) electrons. The minimum absolute atomic E-state index is 0. The van der Waals surface area contributed by atoms with Gasteiger partial charge in [-0.15, -0.1) is 12.4 Å². The molecule has 2 atom stereocenters.